The minimum atomic E-state index is -0.481. The SMILES string of the molecule is Cc1cc(Br)cc(C(=O)C(C)(C)C)c1O. The van der Waals surface area contributed by atoms with Crippen LogP contribution in [0.5, 0.6) is 5.75 Å². The second kappa shape index (κ2) is 3.97. The Labute approximate surface area is 98.4 Å². The number of carbonyl (C=O) groups is 1. The van der Waals surface area contributed by atoms with Crippen LogP contribution < -0.4 is 0 Å². The van der Waals surface area contributed by atoms with Crippen LogP contribution in [0.15, 0.2) is 16.6 Å². The lowest BCUT2D eigenvalue weighted by atomic mass is 9.85. The molecule has 1 aromatic rings. The summed E-state index contributed by atoms with van der Waals surface area (Å²) < 4.78 is 0.811. The molecule has 0 aliphatic rings. The molecule has 0 amide bonds. The van der Waals surface area contributed by atoms with Gasteiger partial charge in [0, 0.05) is 9.89 Å². The van der Waals surface area contributed by atoms with Crippen LogP contribution in [0.1, 0.15) is 36.7 Å². The van der Waals surface area contributed by atoms with Crippen LogP contribution in [0, 0.1) is 12.3 Å². The molecule has 0 aliphatic carbocycles. The maximum atomic E-state index is 12.0. The molecule has 15 heavy (non-hydrogen) atoms. The Morgan fingerprint density at radius 2 is 1.87 bits per heavy atom. The first-order valence-electron chi connectivity index (χ1n) is 4.77. The Kier molecular flexibility index (Phi) is 3.24. The molecule has 1 N–H and O–H groups in total. The van der Waals surface area contributed by atoms with E-state index in [-0.39, 0.29) is 11.5 Å². The molecule has 0 atom stereocenters. The van der Waals surface area contributed by atoms with Gasteiger partial charge in [0.1, 0.15) is 5.75 Å². The van der Waals surface area contributed by atoms with Gasteiger partial charge in [-0.1, -0.05) is 36.7 Å². The molecule has 0 unspecified atom stereocenters. The molecule has 0 saturated carbocycles. The van der Waals surface area contributed by atoms with Crippen LogP contribution in [0.2, 0.25) is 0 Å². The third-order valence-corrected chi connectivity index (χ3v) is 2.65. The monoisotopic (exact) mass is 270 g/mol. The summed E-state index contributed by atoms with van der Waals surface area (Å²) in [5.74, 6) is 0.0301. The highest BCUT2D eigenvalue weighted by Crippen LogP contribution is 2.31. The number of benzene rings is 1. The molecule has 0 aliphatic heterocycles. The maximum Gasteiger partial charge on any atom is 0.171 e. The fraction of sp³-hybridized carbons (Fsp3) is 0.417. The Morgan fingerprint density at radius 1 is 1.33 bits per heavy atom. The molecule has 0 spiro atoms. The number of aromatic hydroxyl groups is 1. The lowest BCUT2D eigenvalue weighted by molar-refractivity contribution is 0.0855. The summed E-state index contributed by atoms with van der Waals surface area (Å²) in [7, 11) is 0. The number of phenolic OH excluding ortho intramolecular Hbond substituents is 1. The first kappa shape index (κ1) is 12.2. The standard InChI is InChI=1S/C12H15BrO2/c1-7-5-8(13)6-9(10(7)14)11(15)12(2,3)4/h5-6,14H,1-4H3. The molecule has 0 saturated heterocycles. The molecule has 0 aromatic heterocycles. The largest absolute Gasteiger partial charge is 0.507 e. The van der Waals surface area contributed by atoms with Crippen molar-refractivity contribution in [3.8, 4) is 5.75 Å². The molecule has 3 heteroatoms. The smallest absolute Gasteiger partial charge is 0.171 e. The summed E-state index contributed by atoms with van der Waals surface area (Å²) in [5, 5.41) is 9.81. The van der Waals surface area contributed by atoms with Gasteiger partial charge in [-0.3, -0.25) is 4.79 Å². The Bertz CT molecular complexity index is 403. The highest BCUT2D eigenvalue weighted by Gasteiger charge is 2.26. The number of hydrogen-bond donors (Lipinski definition) is 1. The van der Waals surface area contributed by atoms with Crippen LogP contribution >= 0.6 is 15.9 Å². The molecule has 1 aromatic carbocycles. The first-order valence-corrected chi connectivity index (χ1v) is 5.56. The summed E-state index contributed by atoms with van der Waals surface area (Å²) in [4.78, 5) is 12.0. The number of halogens is 1. The summed E-state index contributed by atoms with van der Waals surface area (Å²) >= 11 is 3.32. The lowest BCUT2D eigenvalue weighted by Gasteiger charge is -2.18. The van der Waals surface area contributed by atoms with Gasteiger partial charge in [0.2, 0.25) is 0 Å². The average Bonchev–Trinajstić information content (AvgIpc) is 2.08. The fourth-order valence-corrected chi connectivity index (χ4v) is 1.88. The number of rotatable bonds is 1. The van der Waals surface area contributed by atoms with Crippen molar-refractivity contribution < 1.29 is 9.90 Å². The maximum absolute atomic E-state index is 12.0. The molecule has 0 heterocycles. The molecule has 1 rings (SSSR count). The lowest BCUT2D eigenvalue weighted by Crippen LogP contribution is -2.20. The summed E-state index contributed by atoms with van der Waals surface area (Å²) in [6, 6.07) is 3.45. The van der Waals surface area contributed by atoms with Crippen molar-refractivity contribution in [1.82, 2.24) is 0 Å². The van der Waals surface area contributed by atoms with Crippen LogP contribution in [-0.2, 0) is 0 Å². The van der Waals surface area contributed by atoms with Crippen molar-refractivity contribution in [3.63, 3.8) is 0 Å². The van der Waals surface area contributed by atoms with E-state index in [9.17, 15) is 9.90 Å². The van der Waals surface area contributed by atoms with Gasteiger partial charge in [0.15, 0.2) is 5.78 Å². The van der Waals surface area contributed by atoms with Gasteiger partial charge in [0.25, 0.3) is 0 Å². The van der Waals surface area contributed by atoms with Crippen molar-refractivity contribution in [2.45, 2.75) is 27.7 Å². The van der Waals surface area contributed by atoms with E-state index in [1.807, 2.05) is 20.8 Å². The number of phenols is 1. The van der Waals surface area contributed by atoms with Gasteiger partial charge >= 0.3 is 0 Å². The van der Waals surface area contributed by atoms with Crippen LogP contribution in [0.3, 0.4) is 0 Å². The second-order valence-corrected chi connectivity index (χ2v) is 5.61. The predicted molar refractivity (Wildman–Crippen MR) is 64.3 cm³/mol. The zero-order chi connectivity index (χ0) is 11.8. The normalized spacial score (nSPS) is 11.5. The minimum absolute atomic E-state index is 0.0515. The summed E-state index contributed by atoms with van der Waals surface area (Å²) in [6.45, 7) is 7.29. The van der Waals surface area contributed by atoms with E-state index < -0.39 is 5.41 Å². The van der Waals surface area contributed by atoms with Gasteiger partial charge in [0.05, 0.1) is 5.56 Å². The second-order valence-electron chi connectivity index (χ2n) is 4.70. The highest BCUT2D eigenvalue weighted by atomic mass is 79.9. The van der Waals surface area contributed by atoms with Gasteiger partial charge in [-0.15, -0.1) is 0 Å². The topological polar surface area (TPSA) is 37.3 Å². The van der Waals surface area contributed by atoms with Crippen molar-refractivity contribution in [1.29, 1.82) is 0 Å². The third-order valence-electron chi connectivity index (χ3n) is 2.19. The van der Waals surface area contributed by atoms with E-state index in [4.69, 9.17) is 0 Å². The van der Waals surface area contributed by atoms with E-state index in [1.165, 1.54) is 0 Å². The van der Waals surface area contributed by atoms with Crippen LogP contribution in [0.25, 0.3) is 0 Å². The van der Waals surface area contributed by atoms with Gasteiger partial charge in [-0.05, 0) is 24.6 Å². The molecule has 2 nitrogen and oxygen atoms in total. The van der Waals surface area contributed by atoms with Gasteiger partial charge in [-0.2, -0.15) is 0 Å². The summed E-state index contributed by atoms with van der Waals surface area (Å²) in [6.07, 6.45) is 0. The molecule has 0 bridgehead atoms. The Balaban J connectivity index is 3.32. The zero-order valence-corrected chi connectivity index (χ0v) is 11.0. The first-order chi connectivity index (χ1) is 6.73. The van der Waals surface area contributed by atoms with E-state index in [0.29, 0.717) is 11.1 Å². The predicted octanol–water partition coefficient (Wildman–Crippen LogP) is 3.69. The van der Waals surface area contributed by atoms with Crippen molar-refractivity contribution >= 4 is 21.7 Å². The van der Waals surface area contributed by atoms with Gasteiger partial charge in [-0.25, -0.2) is 0 Å². The molecule has 0 fully saturated rings. The number of aryl methyl sites for hydroxylation is 1. The van der Waals surface area contributed by atoms with E-state index in [2.05, 4.69) is 15.9 Å². The van der Waals surface area contributed by atoms with Gasteiger partial charge < -0.3 is 5.11 Å². The molecule has 82 valence electrons. The van der Waals surface area contributed by atoms with Crippen molar-refractivity contribution in [3.05, 3.63) is 27.7 Å². The number of ketones is 1. The quantitative estimate of drug-likeness (QED) is 0.791. The van der Waals surface area contributed by atoms with Crippen LogP contribution in [0.4, 0.5) is 0 Å². The molecular weight excluding hydrogens is 256 g/mol. The summed E-state index contributed by atoms with van der Waals surface area (Å²) in [5.41, 5.74) is 0.608. The number of carbonyl (C=O) groups excluding carboxylic acids is 1. The van der Waals surface area contributed by atoms with E-state index in [0.717, 1.165) is 4.47 Å². The highest BCUT2D eigenvalue weighted by molar-refractivity contribution is 9.10. The Morgan fingerprint density at radius 3 is 2.33 bits per heavy atom. The van der Waals surface area contributed by atoms with Crippen molar-refractivity contribution in [2.75, 3.05) is 0 Å². The molecule has 0 radical (unpaired) electrons. The van der Waals surface area contributed by atoms with Crippen molar-refractivity contribution in [2.24, 2.45) is 5.41 Å². The van der Waals surface area contributed by atoms with Crippen LogP contribution in [-0.4, -0.2) is 10.9 Å². The Hall–Kier alpha value is -0.830. The molecular formula is C12H15BrO2. The fourth-order valence-electron chi connectivity index (χ4n) is 1.31. The zero-order valence-electron chi connectivity index (χ0n) is 9.39. The number of Topliss-reactive ketones (excluding diaryl/α,β-unsaturated/α-hetero) is 1. The number of hydrogen-bond acceptors (Lipinski definition) is 2. The third kappa shape index (κ3) is 2.59. The van der Waals surface area contributed by atoms with E-state index >= 15 is 0 Å². The minimum Gasteiger partial charge on any atom is -0.507 e. The average molecular weight is 271 g/mol. The van der Waals surface area contributed by atoms with E-state index in [1.54, 1.807) is 19.1 Å².